The molecule has 1 fully saturated rings. The molecule has 1 saturated heterocycles. The molecular formula is C17H20N4O4. The standard InChI is InChI=1S/C17H20N4O4/c1-17(2,3)25-16(24)19-10-4-5-12-11(8-10)18-9-21(12)13-6-7-14(22)20-15(13)23/h4-5,8-9,13H,6-7H2,1-3H3,(H,19,24)(H,20,22,23). The van der Waals surface area contributed by atoms with E-state index >= 15 is 0 Å². The zero-order valence-corrected chi connectivity index (χ0v) is 14.3. The third-order valence-electron chi connectivity index (χ3n) is 3.77. The summed E-state index contributed by atoms with van der Waals surface area (Å²) in [5.74, 6) is -0.582. The number of carbonyl (C=O) groups is 3. The van der Waals surface area contributed by atoms with Crippen molar-refractivity contribution < 1.29 is 19.1 Å². The lowest BCUT2D eigenvalue weighted by Gasteiger charge is -2.22. The second kappa shape index (κ2) is 6.19. The molecule has 1 aliphatic rings. The number of nitrogens with zero attached hydrogens (tertiary/aromatic N) is 2. The molecule has 0 saturated carbocycles. The van der Waals surface area contributed by atoms with Crippen LogP contribution in [0.4, 0.5) is 10.5 Å². The summed E-state index contributed by atoms with van der Waals surface area (Å²) in [5.41, 5.74) is 1.36. The van der Waals surface area contributed by atoms with Crippen LogP contribution < -0.4 is 10.6 Å². The molecule has 1 unspecified atom stereocenters. The number of imide groups is 1. The van der Waals surface area contributed by atoms with Crippen LogP contribution in [-0.2, 0) is 14.3 Å². The fraction of sp³-hybridized carbons (Fsp3) is 0.412. The number of rotatable bonds is 2. The molecule has 3 amide bonds. The lowest BCUT2D eigenvalue weighted by Crippen LogP contribution is -2.41. The van der Waals surface area contributed by atoms with E-state index in [-0.39, 0.29) is 11.8 Å². The predicted molar refractivity (Wildman–Crippen MR) is 91.0 cm³/mol. The number of hydrogen-bond donors (Lipinski definition) is 2. The van der Waals surface area contributed by atoms with Crippen LogP contribution in [0.15, 0.2) is 24.5 Å². The molecule has 2 aromatic rings. The molecule has 2 heterocycles. The van der Waals surface area contributed by atoms with Crippen molar-refractivity contribution >= 4 is 34.6 Å². The molecule has 0 spiro atoms. The summed E-state index contributed by atoms with van der Waals surface area (Å²) < 4.78 is 6.96. The number of carbonyl (C=O) groups excluding carboxylic acids is 3. The van der Waals surface area contributed by atoms with E-state index in [1.807, 2.05) is 0 Å². The molecule has 3 rings (SSSR count). The van der Waals surface area contributed by atoms with Crippen molar-refractivity contribution in [1.82, 2.24) is 14.9 Å². The maximum Gasteiger partial charge on any atom is 0.412 e. The number of nitrogens with one attached hydrogen (secondary N) is 2. The molecule has 8 heteroatoms. The Labute approximate surface area is 144 Å². The van der Waals surface area contributed by atoms with Crippen molar-refractivity contribution in [3.8, 4) is 0 Å². The first-order chi connectivity index (χ1) is 11.7. The molecule has 0 bridgehead atoms. The summed E-state index contributed by atoms with van der Waals surface area (Å²) in [6.45, 7) is 5.37. The quantitative estimate of drug-likeness (QED) is 0.814. The van der Waals surface area contributed by atoms with E-state index < -0.39 is 17.7 Å². The van der Waals surface area contributed by atoms with Gasteiger partial charge in [0.1, 0.15) is 11.6 Å². The van der Waals surface area contributed by atoms with Gasteiger partial charge in [-0.05, 0) is 45.4 Å². The van der Waals surface area contributed by atoms with Gasteiger partial charge < -0.3 is 9.30 Å². The van der Waals surface area contributed by atoms with Gasteiger partial charge in [0.05, 0.1) is 17.4 Å². The monoisotopic (exact) mass is 344 g/mol. The van der Waals surface area contributed by atoms with Crippen LogP contribution in [0.25, 0.3) is 11.0 Å². The van der Waals surface area contributed by atoms with Crippen molar-refractivity contribution in [2.24, 2.45) is 0 Å². The van der Waals surface area contributed by atoms with Crippen LogP contribution in [0.5, 0.6) is 0 Å². The number of benzene rings is 1. The van der Waals surface area contributed by atoms with Crippen LogP contribution in [0.3, 0.4) is 0 Å². The second-order valence-corrected chi connectivity index (χ2v) is 6.95. The first kappa shape index (κ1) is 16.9. The van der Waals surface area contributed by atoms with E-state index in [1.165, 1.54) is 0 Å². The molecule has 8 nitrogen and oxygen atoms in total. The Kier molecular flexibility index (Phi) is 4.20. The van der Waals surface area contributed by atoms with E-state index in [0.717, 1.165) is 5.52 Å². The number of fused-ring (bicyclic) bond motifs is 1. The largest absolute Gasteiger partial charge is 0.444 e. The Balaban J connectivity index is 1.81. The number of aromatic nitrogens is 2. The predicted octanol–water partition coefficient (Wildman–Crippen LogP) is 2.36. The van der Waals surface area contributed by atoms with Gasteiger partial charge in [0.25, 0.3) is 0 Å². The Morgan fingerprint density at radius 3 is 2.80 bits per heavy atom. The molecule has 1 aliphatic heterocycles. The van der Waals surface area contributed by atoms with Crippen molar-refractivity contribution in [3.05, 3.63) is 24.5 Å². The van der Waals surface area contributed by atoms with E-state index in [4.69, 9.17) is 4.74 Å². The van der Waals surface area contributed by atoms with Crippen LogP contribution in [-0.4, -0.2) is 33.1 Å². The minimum absolute atomic E-state index is 0.255. The minimum Gasteiger partial charge on any atom is -0.444 e. The molecule has 25 heavy (non-hydrogen) atoms. The highest BCUT2D eigenvalue weighted by Gasteiger charge is 2.29. The van der Waals surface area contributed by atoms with Crippen LogP contribution in [0.1, 0.15) is 39.7 Å². The average Bonchev–Trinajstić information content (AvgIpc) is 2.88. The summed E-state index contributed by atoms with van der Waals surface area (Å²) in [4.78, 5) is 39.5. The zero-order chi connectivity index (χ0) is 18.2. The molecule has 132 valence electrons. The lowest BCUT2D eigenvalue weighted by atomic mass is 10.1. The van der Waals surface area contributed by atoms with Gasteiger partial charge in [-0.1, -0.05) is 0 Å². The fourth-order valence-corrected chi connectivity index (χ4v) is 2.73. The zero-order valence-electron chi connectivity index (χ0n) is 14.3. The molecule has 0 aliphatic carbocycles. The van der Waals surface area contributed by atoms with Gasteiger partial charge in [-0.15, -0.1) is 0 Å². The summed E-state index contributed by atoms with van der Waals surface area (Å²) in [5, 5.41) is 5.00. The van der Waals surface area contributed by atoms with Gasteiger partial charge in [0.2, 0.25) is 11.8 Å². The highest BCUT2D eigenvalue weighted by molar-refractivity contribution is 6.00. The Morgan fingerprint density at radius 1 is 1.36 bits per heavy atom. The van der Waals surface area contributed by atoms with E-state index in [9.17, 15) is 14.4 Å². The van der Waals surface area contributed by atoms with Gasteiger partial charge in [0.15, 0.2) is 0 Å². The van der Waals surface area contributed by atoms with E-state index in [1.54, 1.807) is 49.9 Å². The second-order valence-electron chi connectivity index (χ2n) is 6.95. The highest BCUT2D eigenvalue weighted by atomic mass is 16.6. The van der Waals surface area contributed by atoms with Gasteiger partial charge in [0, 0.05) is 12.1 Å². The van der Waals surface area contributed by atoms with Crippen molar-refractivity contribution in [2.45, 2.75) is 45.3 Å². The number of piperidine rings is 1. The van der Waals surface area contributed by atoms with Crippen LogP contribution in [0, 0.1) is 0 Å². The third kappa shape index (κ3) is 3.78. The minimum atomic E-state index is -0.582. The summed E-state index contributed by atoms with van der Waals surface area (Å²) in [7, 11) is 0. The Bertz CT molecular complexity index is 850. The summed E-state index contributed by atoms with van der Waals surface area (Å²) >= 11 is 0. The number of hydrogen-bond acceptors (Lipinski definition) is 5. The number of amides is 3. The highest BCUT2D eigenvalue weighted by Crippen LogP contribution is 2.26. The van der Waals surface area contributed by atoms with E-state index in [0.29, 0.717) is 24.0 Å². The number of ether oxygens (including phenoxy) is 1. The Morgan fingerprint density at radius 2 is 2.12 bits per heavy atom. The lowest BCUT2D eigenvalue weighted by molar-refractivity contribution is -0.135. The average molecular weight is 344 g/mol. The molecule has 1 aromatic heterocycles. The Hall–Kier alpha value is -2.90. The van der Waals surface area contributed by atoms with Crippen LogP contribution >= 0.6 is 0 Å². The van der Waals surface area contributed by atoms with Gasteiger partial charge in [-0.3, -0.25) is 20.2 Å². The number of imidazole rings is 1. The van der Waals surface area contributed by atoms with Gasteiger partial charge >= 0.3 is 6.09 Å². The smallest absolute Gasteiger partial charge is 0.412 e. The maximum atomic E-state index is 12.0. The topological polar surface area (TPSA) is 102 Å². The maximum absolute atomic E-state index is 12.0. The number of anilines is 1. The van der Waals surface area contributed by atoms with Crippen molar-refractivity contribution in [1.29, 1.82) is 0 Å². The molecule has 1 atom stereocenters. The molecule has 0 radical (unpaired) electrons. The van der Waals surface area contributed by atoms with Crippen molar-refractivity contribution in [3.63, 3.8) is 0 Å². The summed E-state index contributed by atoms with van der Waals surface area (Å²) in [6, 6.07) is 4.74. The van der Waals surface area contributed by atoms with Gasteiger partial charge in [-0.25, -0.2) is 9.78 Å². The van der Waals surface area contributed by atoms with Gasteiger partial charge in [-0.2, -0.15) is 0 Å². The molecule has 1 aromatic carbocycles. The fourth-order valence-electron chi connectivity index (χ4n) is 2.73. The molecule has 2 N–H and O–H groups in total. The first-order valence-electron chi connectivity index (χ1n) is 8.03. The SMILES string of the molecule is CC(C)(C)OC(=O)Nc1ccc2c(c1)ncn2C1CCC(=O)NC1=O. The normalized spacial score (nSPS) is 18.1. The van der Waals surface area contributed by atoms with E-state index in [2.05, 4.69) is 15.6 Å². The third-order valence-corrected chi connectivity index (χ3v) is 3.77. The summed E-state index contributed by atoms with van der Waals surface area (Å²) in [6.07, 6.45) is 1.76. The molecular weight excluding hydrogens is 324 g/mol. The van der Waals surface area contributed by atoms with Crippen LogP contribution in [0.2, 0.25) is 0 Å². The first-order valence-corrected chi connectivity index (χ1v) is 8.03. The van der Waals surface area contributed by atoms with Crippen molar-refractivity contribution in [2.75, 3.05) is 5.32 Å².